The molecule has 2 aromatic carbocycles. The Bertz CT molecular complexity index is 1860. The molecule has 8 aliphatic carbocycles. The van der Waals surface area contributed by atoms with Gasteiger partial charge in [-0.1, -0.05) is 54.6 Å². The highest BCUT2D eigenvalue weighted by Crippen LogP contribution is 2.75. The summed E-state index contributed by atoms with van der Waals surface area (Å²) in [6, 6.07) is 19.8. The molecule has 2 amide bonds. The molecule has 0 aromatic heterocycles. The van der Waals surface area contributed by atoms with Crippen LogP contribution >= 0.6 is 0 Å². The molecule has 4 unspecified atom stereocenters. The zero-order valence-corrected chi connectivity index (χ0v) is 33.3. The number of carbonyl (C=O) groups is 2. The Morgan fingerprint density at radius 1 is 0.696 bits per heavy atom. The van der Waals surface area contributed by atoms with Gasteiger partial charge < -0.3 is 26.0 Å². The number of halogens is 2. The fourth-order valence-electron chi connectivity index (χ4n) is 16.2. The number of rotatable bonds is 9. The molecule has 2 saturated heterocycles. The number of aliphatic hydroxyl groups excluding tert-OH is 1. The highest BCUT2D eigenvalue weighted by atomic mass is 19.1. The van der Waals surface area contributed by atoms with Gasteiger partial charge in [0.05, 0.1) is 36.3 Å². The van der Waals surface area contributed by atoms with E-state index >= 15 is 13.6 Å². The predicted octanol–water partition coefficient (Wildman–Crippen LogP) is 6.41. The van der Waals surface area contributed by atoms with Crippen LogP contribution < -0.4 is 16.0 Å². The maximum atomic E-state index is 15.9. The number of piperidine rings is 2. The van der Waals surface area contributed by atoms with Crippen LogP contribution in [0.15, 0.2) is 54.6 Å². The maximum Gasteiger partial charge on any atom is 0.228 e. The molecule has 8 saturated carbocycles. The van der Waals surface area contributed by atoms with E-state index < -0.39 is 41.1 Å². The molecule has 0 spiro atoms. The topological polar surface area (TPSA) is 93.7 Å². The van der Waals surface area contributed by atoms with Crippen LogP contribution in [-0.4, -0.2) is 86.6 Å². The van der Waals surface area contributed by atoms with Gasteiger partial charge in [-0.3, -0.25) is 18.4 Å². The van der Waals surface area contributed by atoms with Crippen LogP contribution in [0.3, 0.4) is 0 Å². The van der Waals surface area contributed by atoms with E-state index in [1.54, 1.807) is 0 Å². The zero-order chi connectivity index (χ0) is 38.6. The number of nitrogens with zero attached hydrogens (tertiary/aromatic N) is 1. The van der Waals surface area contributed by atoms with Crippen molar-refractivity contribution in [1.29, 1.82) is 0 Å². The third-order valence-corrected chi connectivity index (χ3v) is 17.3. The Morgan fingerprint density at radius 2 is 1.29 bits per heavy atom. The van der Waals surface area contributed by atoms with Gasteiger partial charge in [0.25, 0.3) is 0 Å². The molecule has 2 aromatic rings. The Balaban J connectivity index is 1.01. The van der Waals surface area contributed by atoms with Crippen LogP contribution in [0.2, 0.25) is 0 Å². The smallest absolute Gasteiger partial charge is 0.228 e. The van der Waals surface area contributed by atoms with Crippen molar-refractivity contribution in [3.63, 3.8) is 0 Å². The van der Waals surface area contributed by atoms with Crippen molar-refractivity contribution in [3.05, 3.63) is 71.3 Å². The molecule has 2 heterocycles. The Labute approximate surface area is 331 Å². The fourth-order valence-corrected chi connectivity index (χ4v) is 16.2. The van der Waals surface area contributed by atoms with Gasteiger partial charge in [0.15, 0.2) is 0 Å². The first-order valence-corrected chi connectivity index (χ1v) is 21.9. The number of benzene rings is 2. The van der Waals surface area contributed by atoms with Gasteiger partial charge >= 0.3 is 0 Å². The summed E-state index contributed by atoms with van der Waals surface area (Å²) in [5.41, 5.74) is 0.355. The number of aliphatic hydroxyl groups is 1. The Morgan fingerprint density at radius 3 is 1.95 bits per heavy atom. The van der Waals surface area contributed by atoms with Gasteiger partial charge in [0.2, 0.25) is 11.8 Å². The lowest BCUT2D eigenvalue weighted by Crippen LogP contribution is -2.68. The first kappa shape index (κ1) is 37.4. The third-order valence-electron chi connectivity index (χ3n) is 17.3. The van der Waals surface area contributed by atoms with Gasteiger partial charge in [0.1, 0.15) is 0 Å². The molecule has 2 aliphatic heterocycles. The number of amides is 2. The van der Waals surface area contributed by atoms with Gasteiger partial charge in [-0.25, -0.2) is 0 Å². The van der Waals surface area contributed by atoms with Crippen molar-refractivity contribution in [3.8, 4) is 0 Å². The highest BCUT2D eigenvalue weighted by molar-refractivity contribution is 5.85. The zero-order valence-electron chi connectivity index (χ0n) is 33.3. The molecule has 302 valence electrons. The fraction of sp³-hybridized carbons (Fsp3) is 0.702. The number of carbonyl (C=O) groups excluding carboxylic acids is 2. The summed E-state index contributed by atoms with van der Waals surface area (Å²) < 4.78 is 31.3. The Hall–Kier alpha value is -2.88. The van der Waals surface area contributed by atoms with Crippen molar-refractivity contribution in [2.45, 2.75) is 131 Å². The Kier molecular flexibility index (Phi) is 8.72. The number of hydrogen-bond donors (Lipinski definition) is 4. The van der Waals surface area contributed by atoms with Gasteiger partial charge in [-0.2, -0.15) is 0 Å². The van der Waals surface area contributed by atoms with Crippen LogP contribution in [0.25, 0.3) is 0 Å². The summed E-state index contributed by atoms with van der Waals surface area (Å²) in [4.78, 5) is 31.5. The first-order chi connectivity index (χ1) is 26.9. The second kappa shape index (κ2) is 13.1. The second-order valence-electron chi connectivity index (χ2n) is 21.2. The average molecular weight is 769 g/mol. The molecule has 8 bridgehead atoms. The van der Waals surface area contributed by atoms with Crippen molar-refractivity contribution in [2.75, 3.05) is 46.6 Å². The first-order valence-electron chi connectivity index (χ1n) is 21.9. The van der Waals surface area contributed by atoms with E-state index in [-0.39, 0.29) is 46.1 Å². The van der Waals surface area contributed by atoms with E-state index in [2.05, 4.69) is 75.4 Å². The number of alkyl halides is 2. The quantitative estimate of drug-likeness (QED) is 0.237. The average Bonchev–Trinajstić information content (AvgIpc) is 3.21. The molecule has 56 heavy (non-hydrogen) atoms. The van der Waals surface area contributed by atoms with Crippen LogP contribution in [0.4, 0.5) is 8.78 Å². The monoisotopic (exact) mass is 768 g/mol. The molecule has 10 aliphatic rings. The summed E-state index contributed by atoms with van der Waals surface area (Å²) in [7, 11) is 2.01. The van der Waals surface area contributed by atoms with E-state index in [0.717, 1.165) is 90.3 Å². The molecular formula is C47H62F2N4O3. The lowest BCUT2D eigenvalue weighted by Gasteiger charge is -2.70. The van der Waals surface area contributed by atoms with E-state index in [1.165, 1.54) is 16.7 Å². The largest absolute Gasteiger partial charge is 0.390 e. The van der Waals surface area contributed by atoms with Crippen molar-refractivity contribution < 1.29 is 23.5 Å². The second-order valence-corrected chi connectivity index (χ2v) is 21.2. The summed E-state index contributed by atoms with van der Waals surface area (Å²) >= 11 is 0. The van der Waals surface area contributed by atoms with E-state index in [4.69, 9.17) is 0 Å². The van der Waals surface area contributed by atoms with Crippen LogP contribution in [0.1, 0.15) is 113 Å². The van der Waals surface area contributed by atoms with Gasteiger partial charge in [0, 0.05) is 30.5 Å². The SMILES string of the molecule is CN(C(=O)C12CC3(c4ccc([C@]56CC7CC(C(=O)N[C@@H]8CCNC[C@H]8O)(C[C@](CF)(C7)C5)C6)cc4)C[C@@](CF)(C1)C[C@@](c1ccccc1)(C2)C3)C1CCNCC1. The summed E-state index contributed by atoms with van der Waals surface area (Å²) in [5, 5.41) is 20.6. The van der Waals surface area contributed by atoms with Crippen LogP contribution in [-0.2, 0) is 25.8 Å². The molecule has 10 atom stereocenters. The minimum absolute atomic E-state index is 0.00657. The van der Waals surface area contributed by atoms with Crippen molar-refractivity contribution >= 4 is 11.8 Å². The van der Waals surface area contributed by atoms with E-state index in [1.807, 2.05) is 7.05 Å². The molecular weight excluding hydrogens is 707 g/mol. The summed E-state index contributed by atoms with van der Waals surface area (Å²) in [5.74, 6) is 0.506. The number of nitrogens with one attached hydrogen (secondary N) is 3. The molecule has 0 radical (unpaired) electrons. The van der Waals surface area contributed by atoms with Crippen LogP contribution in [0, 0.1) is 27.6 Å². The molecule has 10 fully saturated rings. The van der Waals surface area contributed by atoms with E-state index in [0.29, 0.717) is 32.2 Å². The molecule has 9 heteroatoms. The maximum absolute atomic E-state index is 15.9. The van der Waals surface area contributed by atoms with Crippen molar-refractivity contribution in [1.82, 2.24) is 20.9 Å². The molecule has 7 nitrogen and oxygen atoms in total. The highest BCUT2D eigenvalue weighted by Gasteiger charge is 2.72. The lowest BCUT2D eigenvalue weighted by molar-refractivity contribution is -0.181. The number of β-amino-alcohol motifs (C(OH)–C–C–N with tert-alkyl or cyclic N) is 1. The van der Waals surface area contributed by atoms with E-state index in [9.17, 15) is 9.90 Å². The normalized spacial score (nSPS) is 43.8. The predicted molar refractivity (Wildman–Crippen MR) is 213 cm³/mol. The molecule has 12 rings (SSSR count). The lowest BCUT2D eigenvalue weighted by atomic mass is 9.33. The standard InChI is InChI=1S/C47H62F2N4O3/c1-53(36-11-14-50-15-12-36)40(56)47-25-42(31-49)23-45(28-47,33-5-3-2-4-6-33)27-46(24-42,29-47)35-9-7-34(8-10-35)43-18-32-17-41(21-43,30-48)22-44(19-32,26-43)39(55)52-37-13-16-51-20-38(37)54/h2-10,32,36-38,50-51,54H,11-31H2,1H3,(H,52,55)/t32?,37-,38-,41+,42-,43-,44?,45+,46?,47?/m1/s1. The third kappa shape index (κ3) is 5.62. The molecule has 4 N–H and O–H groups in total. The minimum Gasteiger partial charge on any atom is -0.390 e. The van der Waals surface area contributed by atoms with Gasteiger partial charge in [-0.15, -0.1) is 0 Å². The number of hydrogen-bond acceptors (Lipinski definition) is 5. The minimum atomic E-state index is -0.641. The summed E-state index contributed by atoms with van der Waals surface area (Å²) in [6.45, 7) is 2.22. The summed E-state index contributed by atoms with van der Waals surface area (Å²) in [6.07, 6.45) is 11.2. The van der Waals surface area contributed by atoms with Gasteiger partial charge in [-0.05, 0) is 155 Å². The van der Waals surface area contributed by atoms with Crippen molar-refractivity contribution in [2.24, 2.45) is 27.6 Å². The van der Waals surface area contributed by atoms with Crippen LogP contribution in [0.5, 0.6) is 0 Å².